The molecule has 0 aromatic carbocycles. The summed E-state index contributed by atoms with van der Waals surface area (Å²) >= 11 is 3.42. The number of fused-ring (bicyclic) bond motifs is 1. The third-order valence-corrected chi connectivity index (χ3v) is 5.07. The molecule has 6 heteroatoms. The van der Waals surface area contributed by atoms with Crippen molar-refractivity contribution >= 4 is 38.7 Å². The van der Waals surface area contributed by atoms with Crippen molar-refractivity contribution in [1.82, 2.24) is 15.0 Å². The van der Waals surface area contributed by atoms with E-state index in [0.29, 0.717) is 6.54 Å². The molecule has 0 saturated carbocycles. The quantitative estimate of drug-likeness (QED) is 0.799. The summed E-state index contributed by atoms with van der Waals surface area (Å²) in [5, 5.41) is 5.59. The Balaban J connectivity index is 1.92. The van der Waals surface area contributed by atoms with Gasteiger partial charge in [0, 0.05) is 16.0 Å². The molecule has 0 bridgehead atoms. The molecular formula is C13H14N4S2. The topological polar surface area (TPSA) is 50.7 Å². The molecule has 0 aliphatic rings. The van der Waals surface area contributed by atoms with E-state index in [4.69, 9.17) is 0 Å². The summed E-state index contributed by atoms with van der Waals surface area (Å²) in [6.45, 7) is 7.02. The Kier molecular flexibility index (Phi) is 3.20. The first kappa shape index (κ1) is 12.5. The van der Waals surface area contributed by atoms with E-state index < -0.39 is 0 Å². The third kappa shape index (κ3) is 2.33. The lowest BCUT2D eigenvalue weighted by molar-refractivity contribution is 1.07. The number of hydrogen-bond donors (Lipinski definition) is 1. The highest BCUT2D eigenvalue weighted by molar-refractivity contribution is 7.18. The zero-order valence-corrected chi connectivity index (χ0v) is 12.7. The molecule has 4 nitrogen and oxygen atoms in total. The molecule has 0 radical (unpaired) electrons. The molecule has 0 saturated heterocycles. The van der Waals surface area contributed by atoms with Crippen LogP contribution in [0.15, 0.2) is 12.5 Å². The van der Waals surface area contributed by atoms with Crippen molar-refractivity contribution in [3.63, 3.8) is 0 Å². The van der Waals surface area contributed by atoms with Gasteiger partial charge in [0.15, 0.2) is 0 Å². The maximum Gasteiger partial charge on any atom is 0.138 e. The van der Waals surface area contributed by atoms with Crippen LogP contribution < -0.4 is 5.32 Å². The normalized spacial score (nSPS) is 11.1. The number of nitrogens with one attached hydrogen (secondary N) is 1. The van der Waals surface area contributed by atoms with Gasteiger partial charge in [-0.2, -0.15) is 0 Å². The predicted molar refractivity (Wildman–Crippen MR) is 81.1 cm³/mol. The molecule has 0 aliphatic carbocycles. The summed E-state index contributed by atoms with van der Waals surface area (Å²) in [6, 6.07) is 0. The van der Waals surface area contributed by atoms with Crippen LogP contribution in [-0.4, -0.2) is 15.0 Å². The number of aryl methyl sites for hydroxylation is 3. The van der Waals surface area contributed by atoms with Gasteiger partial charge in [0.25, 0.3) is 0 Å². The van der Waals surface area contributed by atoms with E-state index in [1.54, 1.807) is 29.0 Å². The van der Waals surface area contributed by atoms with Gasteiger partial charge in [-0.05, 0) is 26.3 Å². The number of rotatable bonds is 3. The van der Waals surface area contributed by atoms with E-state index in [9.17, 15) is 0 Å². The largest absolute Gasteiger partial charge is 0.363 e. The molecule has 0 amide bonds. The number of thiophene rings is 1. The molecule has 0 aliphatic heterocycles. The van der Waals surface area contributed by atoms with Crippen molar-refractivity contribution in [3.05, 3.63) is 32.8 Å². The molecule has 0 spiro atoms. The van der Waals surface area contributed by atoms with Crippen LogP contribution in [0.4, 0.5) is 5.82 Å². The van der Waals surface area contributed by atoms with Crippen LogP contribution in [0.2, 0.25) is 0 Å². The Morgan fingerprint density at radius 2 is 1.95 bits per heavy atom. The maximum atomic E-state index is 4.36. The summed E-state index contributed by atoms with van der Waals surface area (Å²) in [4.78, 5) is 16.6. The van der Waals surface area contributed by atoms with E-state index in [1.165, 1.54) is 15.3 Å². The number of thiazole rings is 1. The Bertz CT molecular complexity index is 729. The molecule has 0 unspecified atom stereocenters. The molecule has 3 aromatic rings. The molecule has 0 fully saturated rings. The molecule has 3 heterocycles. The van der Waals surface area contributed by atoms with Gasteiger partial charge in [-0.25, -0.2) is 15.0 Å². The SMILES string of the molecule is Cc1cnc(CNc2ncnc3sc(C)c(C)c23)s1. The van der Waals surface area contributed by atoms with Crippen LogP contribution in [0.3, 0.4) is 0 Å². The average Bonchev–Trinajstić information content (AvgIpc) is 2.93. The number of anilines is 1. The van der Waals surface area contributed by atoms with Crippen molar-refractivity contribution in [2.75, 3.05) is 5.32 Å². The van der Waals surface area contributed by atoms with Crippen molar-refractivity contribution in [2.45, 2.75) is 27.3 Å². The van der Waals surface area contributed by atoms with Crippen LogP contribution >= 0.6 is 22.7 Å². The minimum Gasteiger partial charge on any atom is -0.363 e. The highest BCUT2D eigenvalue weighted by atomic mass is 32.1. The van der Waals surface area contributed by atoms with E-state index in [1.807, 2.05) is 6.20 Å². The van der Waals surface area contributed by atoms with Gasteiger partial charge in [0.05, 0.1) is 11.9 Å². The van der Waals surface area contributed by atoms with Crippen molar-refractivity contribution in [3.8, 4) is 0 Å². The molecular weight excluding hydrogens is 276 g/mol. The molecule has 19 heavy (non-hydrogen) atoms. The smallest absolute Gasteiger partial charge is 0.138 e. The van der Waals surface area contributed by atoms with Crippen LogP contribution in [0, 0.1) is 20.8 Å². The van der Waals surface area contributed by atoms with Gasteiger partial charge in [0.1, 0.15) is 22.0 Å². The van der Waals surface area contributed by atoms with E-state index in [2.05, 4.69) is 41.0 Å². The van der Waals surface area contributed by atoms with Crippen LogP contribution in [0.25, 0.3) is 10.2 Å². The van der Waals surface area contributed by atoms with Gasteiger partial charge >= 0.3 is 0 Å². The Labute approximate surface area is 119 Å². The van der Waals surface area contributed by atoms with Gasteiger partial charge < -0.3 is 5.32 Å². The maximum absolute atomic E-state index is 4.36. The summed E-state index contributed by atoms with van der Waals surface area (Å²) in [5.74, 6) is 0.903. The fourth-order valence-electron chi connectivity index (χ4n) is 1.96. The molecule has 0 atom stereocenters. The average molecular weight is 290 g/mol. The Morgan fingerprint density at radius 1 is 1.11 bits per heavy atom. The van der Waals surface area contributed by atoms with Crippen molar-refractivity contribution < 1.29 is 0 Å². The number of hydrogen-bond acceptors (Lipinski definition) is 6. The van der Waals surface area contributed by atoms with Crippen LogP contribution in [-0.2, 0) is 6.54 Å². The van der Waals surface area contributed by atoms with E-state index in [0.717, 1.165) is 21.0 Å². The van der Waals surface area contributed by atoms with Crippen molar-refractivity contribution in [1.29, 1.82) is 0 Å². The second kappa shape index (κ2) is 4.86. The fraction of sp³-hybridized carbons (Fsp3) is 0.308. The standard InChI is InChI=1S/C13H14N4S2/c1-7-4-14-10(18-7)5-15-12-11-8(2)9(3)19-13(11)17-6-16-12/h4,6H,5H2,1-3H3,(H,15,16,17). The minimum absolute atomic E-state index is 0.707. The molecule has 3 aromatic heterocycles. The Hall–Kier alpha value is -1.53. The summed E-state index contributed by atoms with van der Waals surface area (Å²) in [6.07, 6.45) is 3.52. The predicted octanol–water partition coefficient (Wildman–Crippen LogP) is 3.69. The lowest BCUT2D eigenvalue weighted by Crippen LogP contribution is -2.01. The molecule has 1 N–H and O–H groups in total. The Morgan fingerprint density at radius 3 is 2.68 bits per heavy atom. The van der Waals surface area contributed by atoms with Crippen LogP contribution in [0.5, 0.6) is 0 Å². The van der Waals surface area contributed by atoms with Gasteiger partial charge in [-0.3, -0.25) is 0 Å². The highest BCUT2D eigenvalue weighted by Crippen LogP contribution is 2.32. The third-order valence-electron chi connectivity index (χ3n) is 3.04. The number of aromatic nitrogens is 3. The van der Waals surface area contributed by atoms with Crippen molar-refractivity contribution in [2.24, 2.45) is 0 Å². The monoisotopic (exact) mass is 290 g/mol. The lowest BCUT2D eigenvalue weighted by atomic mass is 10.2. The zero-order chi connectivity index (χ0) is 13.4. The minimum atomic E-state index is 0.707. The highest BCUT2D eigenvalue weighted by Gasteiger charge is 2.11. The van der Waals surface area contributed by atoms with Gasteiger partial charge in [-0.1, -0.05) is 0 Å². The summed E-state index contributed by atoms with van der Waals surface area (Å²) < 4.78 is 0. The second-order valence-electron chi connectivity index (χ2n) is 4.40. The lowest BCUT2D eigenvalue weighted by Gasteiger charge is -2.05. The first-order chi connectivity index (χ1) is 9.15. The second-order valence-corrected chi connectivity index (χ2v) is 6.93. The van der Waals surface area contributed by atoms with Crippen LogP contribution in [0.1, 0.15) is 20.3 Å². The van der Waals surface area contributed by atoms with Gasteiger partial charge in [0.2, 0.25) is 0 Å². The summed E-state index contributed by atoms with van der Waals surface area (Å²) in [5.41, 5.74) is 1.26. The molecule has 3 rings (SSSR count). The first-order valence-electron chi connectivity index (χ1n) is 6.01. The van der Waals surface area contributed by atoms with E-state index >= 15 is 0 Å². The first-order valence-corrected chi connectivity index (χ1v) is 7.64. The van der Waals surface area contributed by atoms with E-state index in [-0.39, 0.29) is 0 Å². The molecule has 98 valence electrons. The van der Waals surface area contributed by atoms with Gasteiger partial charge in [-0.15, -0.1) is 22.7 Å². The zero-order valence-electron chi connectivity index (χ0n) is 11.0. The summed E-state index contributed by atoms with van der Waals surface area (Å²) in [7, 11) is 0. The fourth-order valence-corrected chi connectivity index (χ4v) is 3.68. The number of nitrogens with zero attached hydrogens (tertiary/aromatic N) is 3.